The molecule has 4 nitrogen and oxygen atoms in total. The fraction of sp³-hybridized carbons (Fsp3) is 0.632. The summed E-state index contributed by atoms with van der Waals surface area (Å²) in [5.41, 5.74) is 2.10. The molecule has 4 heteroatoms. The number of benzene rings is 1. The molecule has 1 N–H and O–H groups in total. The van der Waals surface area contributed by atoms with Gasteiger partial charge in [0, 0.05) is 16.5 Å². The Morgan fingerprint density at radius 2 is 1.65 bits per heavy atom. The highest BCUT2D eigenvalue weighted by molar-refractivity contribution is 5.89. The van der Waals surface area contributed by atoms with Crippen LogP contribution in [0.1, 0.15) is 59.6 Å². The van der Waals surface area contributed by atoms with Gasteiger partial charge < -0.3 is 14.8 Å². The minimum Gasteiger partial charge on any atom is -0.453 e. The van der Waals surface area contributed by atoms with E-state index in [1.54, 1.807) is 0 Å². The van der Waals surface area contributed by atoms with Crippen molar-refractivity contribution in [3.8, 4) is 11.5 Å². The predicted molar refractivity (Wildman–Crippen MR) is 93.5 cm³/mol. The van der Waals surface area contributed by atoms with Crippen LogP contribution in [-0.4, -0.2) is 19.2 Å². The third-order valence-corrected chi connectivity index (χ3v) is 4.58. The summed E-state index contributed by atoms with van der Waals surface area (Å²) in [6.45, 7) is 16.3. The van der Waals surface area contributed by atoms with Crippen molar-refractivity contribution in [1.82, 2.24) is 5.32 Å². The Hall–Kier alpha value is -1.71. The van der Waals surface area contributed by atoms with Gasteiger partial charge in [0.1, 0.15) is 5.84 Å². The van der Waals surface area contributed by atoms with Crippen LogP contribution in [0.25, 0.3) is 0 Å². The molecule has 2 aliphatic rings. The SMILES string of the molecule is CC(C)(C)C1=NCC(C)(c2ccc(C(C)(C)C)c3c2OCO3)N1. The molecule has 1 aromatic carbocycles. The number of nitrogens with zero attached hydrogens (tertiary/aromatic N) is 1. The quantitative estimate of drug-likeness (QED) is 0.852. The lowest BCUT2D eigenvalue weighted by atomic mass is 9.82. The first-order chi connectivity index (χ1) is 10.5. The number of fused-ring (bicyclic) bond motifs is 1. The highest BCUT2D eigenvalue weighted by Crippen LogP contribution is 2.47. The van der Waals surface area contributed by atoms with E-state index in [-0.39, 0.29) is 16.4 Å². The van der Waals surface area contributed by atoms with Crippen LogP contribution in [0.4, 0.5) is 0 Å². The van der Waals surface area contributed by atoms with Crippen molar-refractivity contribution < 1.29 is 9.47 Å². The monoisotopic (exact) mass is 316 g/mol. The largest absolute Gasteiger partial charge is 0.453 e. The zero-order chi connectivity index (χ0) is 17.0. The lowest BCUT2D eigenvalue weighted by Gasteiger charge is -2.31. The number of rotatable bonds is 1. The van der Waals surface area contributed by atoms with Gasteiger partial charge in [-0.1, -0.05) is 53.7 Å². The van der Waals surface area contributed by atoms with Gasteiger partial charge in [-0.3, -0.25) is 4.99 Å². The summed E-state index contributed by atoms with van der Waals surface area (Å²) in [5, 5.41) is 3.63. The molecule has 1 atom stereocenters. The van der Waals surface area contributed by atoms with Gasteiger partial charge in [-0.05, 0) is 12.3 Å². The molecule has 0 aliphatic carbocycles. The second-order valence-corrected chi connectivity index (χ2v) is 8.85. The number of nitrogens with one attached hydrogen (secondary N) is 1. The molecule has 0 radical (unpaired) electrons. The maximum Gasteiger partial charge on any atom is 0.231 e. The van der Waals surface area contributed by atoms with E-state index >= 15 is 0 Å². The molecule has 2 heterocycles. The Morgan fingerprint density at radius 1 is 1.00 bits per heavy atom. The van der Waals surface area contributed by atoms with E-state index in [0.717, 1.165) is 22.9 Å². The number of hydrogen-bond acceptors (Lipinski definition) is 4. The van der Waals surface area contributed by atoms with Crippen molar-refractivity contribution in [2.45, 2.75) is 59.4 Å². The van der Waals surface area contributed by atoms with Gasteiger partial charge in [0.25, 0.3) is 0 Å². The van der Waals surface area contributed by atoms with Crippen LogP contribution in [0.2, 0.25) is 0 Å². The van der Waals surface area contributed by atoms with Crippen LogP contribution in [0.5, 0.6) is 11.5 Å². The summed E-state index contributed by atoms with van der Waals surface area (Å²) in [4.78, 5) is 4.74. The van der Waals surface area contributed by atoms with Gasteiger partial charge in [-0.15, -0.1) is 0 Å². The average molecular weight is 316 g/mol. The fourth-order valence-corrected chi connectivity index (χ4v) is 3.18. The zero-order valence-electron chi connectivity index (χ0n) is 15.3. The second kappa shape index (κ2) is 4.89. The number of hydrogen-bond donors (Lipinski definition) is 1. The van der Waals surface area contributed by atoms with E-state index in [4.69, 9.17) is 14.5 Å². The van der Waals surface area contributed by atoms with Crippen LogP contribution < -0.4 is 14.8 Å². The van der Waals surface area contributed by atoms with Crippen molar-refractivity contribution in [3.63, 3.8) is 0 Å². The fourth-order valence-electron chi connectivity index (χ4n) is 3.18. The summed E-state index contributed by atoms with van der Waals surface area (Å²) in [6.07, 6.45) is 0. The van der Waals surface area contributed by atoms with Crippen molar-refractivity contribution in [1.29, 1.82) is 0 Å². The summed E-state index contributed by atoms with van der Waals surface area (Å²) in [5.74, 6) is 2.81. The van der Waals surface area contributed by atoms with Gasteiger partial charge in [-0.2, -0.15) is 0 Å². The second-order valence-electron chi connectivity index (χ2n) is 8.85. The van der Waals surface area contributed by atoms with Crippen LogP contribution in [-0.2, 0) is 11.0 Å². The van der Waals surface area contributed by atoms with E-state index < -0.39 is 0 Å². The molecule has 0 saturated carbocycles. The van der Waals surface area contributed by atoms with Crippen molar-refractivity contribution in [2.75, 3.05) is 13.3 Å². The standard InChI is InChI=1S/C19H28N2O2/c1-17(2,3)12-8-9-13(15-14(12)22-11-23-15)19(7)10-20-16(21-19)18(4,5)6/h8-9H,10-11H2,1-7H3,(H,20,21). The van der Waals surface area contributed by atoms with Gasteiger partial charge in [-0.25, -0.2) is 0 Å². The molecule has 0 fully saturated rings. The topological polar surface area (TPSA) is 42.9 Å². The van der Waals surface area contributed by atoms with Crippen LogP contribution in [0.3, 0.4) is 0 Å². The summed E-state index contributed by atoms with van der Waals surface area (Å²) in [6, 6.07) is 4.34. The molecule has 1 aromatic rings. The minimum atomic E-state index is -0.253. The summed E-state index contributed by atoms with van der Waals surface area (Å²) < 4.78 is 11.7. The molecule has 0 amide bonds. The van der Waals surface area contributed by atoms with Gasteiger partial charge in [0.15, 0.2) is 11.5 Å². The van der Waals surface area contributed by atoms with Crippen LogP contribution in [0, 0.1) is 5.41 Å². The van der Waals surface area contributed by atoms with E-state index in [2.05, 4.69) is 65.9 Å². The van der Waals surface area contributed by atoms with Crippen molar-refractivity contribution >= 4 is 5.84 Å². The molecule has 2 aliphatic heterocycles. The highest BCUT2D eigenvalue weighted by Gasteiger charge is 2.41. The molecular weight excluding hydrogens is 288 g/mol. The number of amidine groups is 1. The first-order valence-electron chi connectivity index (χ1n) is 8.29. The normalized spacial score (nSPS) is 23.7. The maximum absolute atomic E-state index is 5.85. The van der Waals surface area contributed by atoms with E-state index in [1.165, 1.54) is 5.56 Å². The zero-order valence-corrected chi connectivity index (χ0v) is 15.3. The summed E-state index contributed by atoms with van der Waals surface area (Å²) in [7, 11) is 0. The van der Waals surface area contributed by atoms with E-state index in [0.29, 0.717) is 13.3 Å². The molecule has 1 unspecified atom stereocenters. The molecule has 0 aromatic heterocycles. The Bertz CT molecular complexity index is 665. The van der Waals surface area contributed by atoms with Crippen LogP contribution >= 0.6 is 0 Å². The Balaban J connectivity index is 2.02. The van der Waals surface area contributed by atoms with Gasteiger partial charge in [0.05, 0.1) is 12.1 Å². The average Bonchev–Trinajstić information content (AvgIpc) is 3.02. The van der Waals surface area contributed by atoms with E-state index in [1.807, 2.05) is 0 Å². The van der Waals surface area contributed by atoms with E-state index in [9.17, 15) is 0 Å². The molecule has 0 spiro atoms. The number of aliphatic imine (C=N–C) groups is 1. The Kier molecular flexibility index (Phi) is 3.44. The van der Waals surface area contributed by atoms with Gasteiger partial charge >= 0.3 is 0 Å². The third-order valence-electron chi connectivity index (χ3n) is 4.58. The number of ether oxygens (including phenoxy) is 2. The lowest BCUT2D eigenvalue weighted by Crippen LogP contribution is -2.44. The molecule has 126 valence electrons. The highest BCUT2D eigenvalue weighted by atomic mass is 16.7. The molecule has 23 heavy (non-hydrogen) atoms. The van der Waals surface area contributed by atoms with Crippen LogP contribution in [0.15, 0.2) is 17.1 Å². The third kappa shape index (κ3) is 2.68. The maximum atomic E-state index is 5.85. The predicted octanol–water partition coefficient (Wildman–Crippen LogP) is 3.98. The molecule has 3 rings (SSSR count). The Labute approximate surface area is 139 Å². The lowest BCUT2D eigenvalue weighted by molar-refractivity contribution is 0.170. The van der Waals surface area contributed by atoms with Crippen molar-refractivity contribution in [2.24, 2.45) is 10.4 Å². The van der Waals surface area contributed by atoms with Crippen molar-refractivity contribution in [3.05, 3.63) is 23.3 Å². The molecular formula is C19H28N2O2. The summed E-state index contributed by atoms with van der Waals surface area (Å²) >= 11 is 0. The van der Waals surface area contributed by atoms with Gasteiger partial charge in [0.2, 0.25) is 6.79 Å². The first kappa shape index (κ1) is 16.2. The Morgan fingerprint density at radius 3 is 2.22 bits per heavy atom. The smallest absolute Gasteiger partial charge is 0.231 e. The molecule has 0 saturated heterocycles. The first-order valence-corrected chi connectivity index (χ1v) is 8.29. The molecule has 0 bridgehead atoms. The minimum absolute atomic E-state index is 0.0175.